The zero-order valence-electron chi connectivity index (χ0n) is 22.5. The second kappa shape index (κ2) is 13.8. The minimum atomic E-state index is -1.55. The Bertz CT molecular complexity index is 1280. The summed E-state index contributed by atoms with van der Waals surface area (Å²) in [6.45, 7) is 1.26. The van der Waals surface area contributed by atoms with Gasteiger partial charge in [0, 0.05) is 0 Å². The van der Waals surface area contributed by atoms with Gasteiger partial charge in [0.15, 0.2) is 0 Å². The van der Waals surface area contributed by atoms with Crippen LogP contribution in [-0.4, -0.2) is 41.7 Å². The molecule has 0 amide bonds. The average molecular weight is 540 g/mol. The third-order valence-electron chi connectivity index (χ3n) is 7.33. The van der Waals surface area contributed by atoms with Crippen LogP contribution in [0.5, 0.6) is 0 Å². The predicted molar refractivity (Wildman–Crippen MR) is 154 cm³/mol. The van der Waals surface area contributed by atoms with Gasteiger partial charge >= 0.3 is 0 Å². The molecule has 0 bridgehead atoms. The lowest BCUT2D eigenvalue weighted by atomic mass is 9.96. The van der Waals surface area contributed by atoms with E-state index in [0.717, 1.165) is 22.3 Å². The Morgan fingerprint density at radius 1 is 0.525 bits per heavy atom. The molecule has 0 aromatic heterocycles. The molecule has 0 aliphatic heterocycles. The third-order valence-corrected chi connectivity index (χ3v) is 7.33. The maximum atomic E-state index is 12.2. The number of nitrogens with two attached hydrogens (primary N) is 1. The summed E-state index contributed by atoms with van der Waals surface area (Å²) in [5.41, 5.74) is 9.27. The highest BCUT2D eigenvalue weighted by Gasteiger charge is 2.61. The van der Waals surface area contributed by atoms with E-state index in [1.54, 1.807) is 0 Å². The van der Waals surface area contributed by atoms with Gasteiger partial charge in [0.1, 0.15) is 23.9 Å². The topological polar surface area (TPSA) is 83.2 Å². The Morgan fingerprint density at radius 3 is 1.35 bits per heavy atom. The van der Waals surface area contributed by atoms with E-state index >= 15 is 0 Å². The lowest BCUT2D eigenvalue weighted by Gasteiger charge is -2.34. The van der Waals surface area contributed by atoms with E-state index in [1.807, 2.05) is 121 Å². The van der Waals surface area contributed by atoms with E-state index in [-0.39, 0.29) is 13.2 Å². The highest BCUT2D eigenvalue weighted by atomic mass is 16.6. The number of ether oxygens (including phenoxy) is 4. The number of benzene rings is 4. The van der Waals surface area contributed by atoms with Crippen molar-refractivity contribution in [3.8, 4) is 0 Å². The number of hydrogen-bond acceptors (Lipinski definition) is 6. The summed E-state index contributed by atoms with van der Waals surface area (Å²) in [7, 11) is 0. The molecule has 4 aromatic rings. The Hall–Kier alpha value is -3.36. The van der Waals surface area contributed by atoms with E-state index in [2.05, 4.69) is 0 Å². The minimum Gasteiger partial charge on any atom is -0.383 e. The molecule has 0 radical (unpaired) electrons. The molecular formula is C34H37NO5. The van der Waals surface area contributed by atoms with Gasteiger partial charge < -0.3 is 29.8 Å². The van der Waals surface area contributed by atoms with Gasteiger partial charge in [-0.25, -0.2) is 0 Å². The molecule has 208 valence electrons. The molecular weight excluding hydrogens is 502 g/mol. The smallest absolute Gasteiger partial charge is 0.134 e. The second-order valence-electron chi connectivity index (χ2n) is 10.2. The SMILES string of the molecule is N[C@H]1[C@H](OCc2ccccc2)[C@@H](OCc2ccccc2)[C@H](OCc2ccccc2)[C@@]1(O)COCc1ccccc1. The lowest BCUT2D eigenvalue weighted by molar-refractivity contribution is -0.173. The van der Waals surface area contributed by atoms with Gasteiger partial charge in [-0.15, -0.1) is 0 Å². The van der Waals surface area contributed by atoms with Gasteiger partial charge in [0.2, 0.25) is 0 Å². The van der Waals surface area contributed by atoms with Crippen molar-refractivity contribution in [2.75, 3.05) is 6.61 Å². The molecule has 1 fully saturated rings. The molecule has 40 heavy (non-hydrogen) atoms. The summed E-state index contributed by atoms with van der Waals surface area (Å²) in [5.74, 6) is 0. The van der Waals surface area contributed by atoms with Crippen LogP contribution in [0.1, 0.15) is 22.3 Å². The summed E-state index contributed by atoms with van der Waals surface area (Å²) in [6, 6.07) is 38.7. The first kappa shape index (κ1) is 28.2. The molecule has 0 unspecified atom stereocenters. The van der Waals surface area contributed by atoms with Crippen LogP contribution in [-0.2, 0) is 45.4 Å². The molecule has 1 aliphatic carbocycles. The molecule has 1 saturated carbocycles. The molecule has 5 rings (SSSR count). The van der Waals surface area contributed by atoms with Crippen molar-refractivity contribution in [2.45, 2.75) is 56.4 Å². The van der Waals surface area contributed by atoms with Crippen molar-refractivity contribution in [3.05, 3.63) is 144 Å². The van der Waals surface area contributed by atoms with Crippen LogP contribution in [0.2, 0.25) is 0 Å². The molecule has 6 heteroatoms. The zero-order valence-corrected chi connectivity index (χ0v) is 22.5. The Kier molecular flexibility index (Phi) is 9.73. The Balaban J connectivity index is 1.40. The van der Waals surface area contributed by atoms with E-state index in [1.165, 1.54) is 0 Å². The molecule has 0 spiro atoms. The van der Waals surface area contributed by atoms with Gasteiger partial charge in [-0.3, -0.25) is 0 Å². The summed E-state index contributed by atoms with van der Waals surface area (Å²) < 4.78 is 25.4. The molecule has 0 heterocycles. The standard InChI is InChI=1S/C34H37NO5/c35-32-30(38-22-27-15-7-2-8-16-27)31(39-23-28-17-9-3-10-18-28)33(40-24-29-19-11-4-12-20-29)34(32,36)25-37-21-26-13-5-1-6-14-26/h1-20,30-33,36H,21-25,35H2/t30-,31-,32+,33+,34-/m1/s1. The van der Waals surface area contributed by atoms with Gasteiger partial charge in [-0.2, -0.15) is 0 Å². The quantitative estimate of drug-likeness (QED) is 0.248. The first-order chi connectivity index (χ1) is 19.6. The fourth-order valence-corrected chi connectivity index (χ4v) is 5.13. The first-order valence-electron chi connectivity index (χ1n) is 13.7. The highest BCUT2D eigenvalue weighted by Crippen LogP contribution is 2.38. The fourth-order valence-electron chi connectivity index (χ4n) is 5.13. The van der Waals surface area contributed by atoms with Crippen molar-refractivity contribution < 1.29 is 24.1 Å². The largest absolute Gasteiger partial charge is 0.383 e. The molecule has 0 saturated heterocycles. The van der Waals surface area contributed by atoms with Crippen molar-refractivity contribution in [1.82, 2.24) is 0 Å². The summed E-state index contributed by atoms with van der Waals surface area (Å²) in [4.78, 5) is 0. The average Bonchev–Trinajstić information content (AvgIpc) is 3.20. The van der Waals surface area contributed by atoms with E-state index in [9.17, 15) is 5.11 Å². The second-order valence-corrected chi connectivity index (χ2v) is 10.2. The van der Waals surface area contributed by atoms with Gasteiger partial charge in [-0.1, -0.05) is 121 Å². The summed E-state index contributed by atoms with van der Waals surface area (Å²) in [5, 5.41) is 12.2. The van der Waals surface area contributed by atoms with Gasteiger partial charge in [0.05, 0.1) is 39.1 Å². The van der Waals surface area contributed by atoms with Crippen LogP contribution in [0.25, 0.3) is 0 Å². The van der Waals surface area contributed by atoms with Crippen LogP contribution < -0.4 is 5.73 Å². The van der Waals surface area contributed by atoms with Gasteiger partial charge in [0.25, 0.3) is 0 Å². The van der Waals surface area contributed by atoms with Crippen LogP contribution >= 0.6 is 0 Å². The van der Waals surface area contributed by atoms with Crippen LogP contribution in [0, 0.1) is 0 Å². The maximum Gasteiger partial charge on any atom is 0.134 e. The van der Waals surface area contributed by atoms with Gasteiger partial charge in [-0.05, 0) is 22.3 Å². The molecule has 3 N–H and O–H groups in total. The zero-order chi connectivity index (χ0) is 27.6. The fraction of sp³-hybridized carbons (Fsp3) is 0.294. The van der Waals surface area contributed by atoms with E-state index in [0.29, 0.717) is 19.8 Å². The Labute approximate surface area is 236 Å². The van der Waals surface area contributed by atoms with E-state index in [4.69, 9.17) is 24.7 Å². The van der Waals surface area contributed by atoms with Crippen LogP contribution in [0.3, 0.4) is 0 Å². The summed E-state index contributed by atoms with van der Waals surface area (Å²) in [6.07, 6.45) is -2.05. The first-order valence-corrected chi connectivity index (χ1v) is 13.7. The molecule has 1 aliphatic rings. The maximum absolute atomic E-state index is 12.2. The van der Waals surface area contributed by atoms with Crippen LogP contribution in [0.15, 0.2) is 121 Å². The minimum absolute atomic E-state index is 0.0289. The van der Waals surface area contributed by atoms with Crippen molar-refractivity contribution in [3.63, 3.8) is 0 Å². The molecule has 4 aromatic carbocycles. The monoisotopic (exact) mass is 539 g/mol. The highest BCUT2D eigenvalue weighted by molar-refractivity contribution is 5.19. The van der Waals surface area contributed by atoms with E-state index < -0.39 is 30.0 Å². The van der Waals surface area contributed by atoms with Crippen molar-refractivity contribution in [1.29, 1.82) is 0 Å². The number of aliphatic hydroxyl groups is 1. The lowest BCUT2D eigenvalue weighted by Crippen LogP contribution is -2.57. The number of hydrogen-bond donors (Lipinski definition) is 2. The molecule has 6 nitrogen and oxygen atoms in total. The molecule has 5 atom stereocenters. The predicted octanol–water partition coefficient (Wildman–Crippen LogP) is 5.03. The number of rotatable bonds is 13. The Morgan fingerprint density at radius 2 is 0.900 bits per heavy atom. The normalized spacial score (nSPS) is 24.2. The van der Waals surface area contributed by atoms with Crippen molar-refractivity contribution in [2.24, 2.45) is 5.73 Å². The van der Waals surface area contributed by atoms with Crippen molar-refractivity contribution >= 4 is 0 Å². The van der Waals surface area contributed by atoms with Crippen LogP contribution in [0.4, 0.5) is 0 Å². The third kappa shape index (κ3) is 7.04. The summed E-state index contributed by atoms with van der Waals surface area (Å²) >= 11 is 0.